The molecule has 5 aromatic rings. The average molecular weight is 437 g/mol. The maximum Gasteiger partial charge on any atom is 0.350 e. The highest BCUT2D eigenvalue weighted by Gasteiger charge is 2.16. The number of carbonyl (C=O) groups excluding carboxylic acids is 1. The highest BCUT2D eigenvalue weighted by molar-refractivity contribution is 5.90. The normalized spacial score (nSPS) is 11.1. The first-order valence-corrected chi connectivity index (χ1v) is 10.3. The summed E-state index contributed by atoms with van der Waals surface area (Å²) in [5.41, 5.74) is 5.72. The number of aryl methyl sites for hydroxylation is 2. The van der Waals surface area contributed by atoms with Crippen molar-refractivity contribution in [3.05, 3.63) is 88.1 Å². The Kier molecular flexibility index (Phi) is 4.75. The van der Waals surface area contributed by atoms with Crippen LogP contribution in [0.3, 0.4) is 0 Å². The number of carbonyl (C=O) groups is 1. The predicted molar refractivity (Wildman–Crippen MR) is 123 cm³/mol. The van der Waals surface area contributed by atoms with Crippen LogP contribution in [-0.2, 0) is 11.3 Å². The zero-order chi connectivity index (χ0) is 23.1. The molecule has 3 heterocycles. The summed E-state index contributed by atoms with van der Waals surface area (Å²) in [6.45, 7) is 3.81. The Morgan fingerprint density at radius 2 is 1.85 bits per heavy atom. The molecular formula is C24H19N7O2. The van der Waals surface area contributed by atoms with Crippen LogP contribution in [-0.4, -0.2) is 29.7 Å². The minimum atomic E-state index is -0.419. The molecule has 0 radical (unpaired) electrons. The Hall–Kier alpha value is -4.71. The molecule has 162 valence electrons. The van der Waals surface area contributed by atoms with E-state index in [4.69, 9.17) is 5.26 Å². The second kappa shape index (κ2) is 7.76. The monoisotopic (exact) mass is 437 g/mol. The van der Waals surface area contributed by atoms with E-state index in [0.717, 1.165) is 27.1 Å². The van der Waals surface area contributed by atoms with Crippen LogP contribution in [0.2, 0.25) is 0 Å². The number of nitrogens with zero attached hydrogens (tertiary/aromatic N) is 6. The lowest BCUT2D eigenvalue weighted by Crippen LogP contribution is -2.28. The number of nitriles is 1. The van der Waals surface area contributed by atoms with Crippen LogP contribution in [0.1, 0.15) is 16.7 Å². The molecular weight excluding hydrogens is 418 g/mol. The van der Waals surface area contributed by atoms with E-state index in [2.05, 4.69) is 33.7 Å². The first-order valence-electron chi connectivity index (χ1n) is 10.3. The molecule has 0 atom stereocenters. The molecule has 5 rings (SSSR count). The van der Waals surface area contributed by atoms with Crippen molar-refractivity contribution in [2.75, 3.05) is 5.32 Å². The van der Waals surface area contributed by atoms with Gasteiger partial charge in [0.05, 0.1) is 17.3 Å². The fourth-order valence-electron chi connectivity index (χ4n) is 3.75. The van der Waals surface area contributed by atoms with Crippen molar-refractivity contribution in [3.63, 3.8) is 0 Å². The molecule has 0 saturated carbocycles. The number of hydrogen-bond acceptors (Lipinski definition) is 5. The number of rotatable bonds is 4. The highest BCUT2D eigenvalue weighted by Crippen LogP contribution is 2.25. The van der Waals surface area contributed by atoms with Crippen molar-refractivity contribution >= 4 is 22.8 Å². The predicted octanol–water partition coefficient (Wildman–Crippen LogP) is 2.94. The van der Waals surface area contributed by atoms with Crippen LogP contribution in [0.15, 0.2) is 65.7 Å². The minimum absolute atomic E-state index is 0.245. The Morgan fingerprint density at radius 3 is 2.61 bits per heavy atom. The van der Waals surface area contributed by atoms with Crippen LogP contribution in [0.4, 0.5) is 5.69 Å². The molecule has 9 heteroatoms. The molecule has 1 N–H and O–H groups in total. The van der Waals surface area contributed by atoms with Crippen molar-refractivity contribution in [1.82, 2.24) is 23.8 Å². The van der Waals surface area contributed by atoms with E-state index < -0.39 is 11.6 Å². The first-order chi connectivity index (χ1) is 15.9. The van der Waals surface area contributed by atoms with Gasteiger partial charge in [0.2, 0.25) is 5.91 Å². The van der Waals surface area contributed by atoms with E-state index >= 15 is 0 Å². The summed E-state index contributed by atoms with van der Waals surface area (Å²) in [5, 5.41) is 20.6. The number of nitrogens with one attached hydrogen (secondary N) is 1. The first kappa shape index (κ1) is 20.2. The zero-order valence-corrected chi connectivity index (χ0v) is 18.0. The summed E-state index contributed by atoms with van der Waals surface area (Å²) in [6.07, 6.45) is 3.29. The van der Waals surface area contributed by atoms with Gasteiger partial charge in [-0.3, -0.25) is 4.79 Å². The third-order valence-electron chi connectivity index (χ3n) is 5.45. The highest BCUT2D eigenvalue weighted by atomic mass is 16.2. The van der Waals surface area contributed by atoms with E-state index in [0.29, 0.717) is 22.4 Å². The topological polar surface area (TPSA) is 109 Å². The molecule has 2 aromatic carbocycles. The van der Waals surface area contributed by atoms with E-state index in [1.807, 2.05) is 26.0 Å². The molecule has 0 bridgehead atoms. The van der Waals surface area contributed by atoms with Crippen LogP contribution < -0.4 is 11.0 Å². The SMILES string of the molecule is Cc1ccc(C)c(-c2cc3c4nn(CC(=O)Nc5ccc(C#N)cc5)c(=O)n4ccn3n2)c1. The van der Waals surface area contributed by atoms with Gasteiger partial charge in [0.25, 0.3) is 0 Å². The molecule has 0 unspecified atom stereocenters. The van der Waals surface area contributed by atoms with Crippen LogP contribution in [0, 0.1) is 25.2 Å². The fourth-order valence-corrected chi connectivity index (χ4v) is 3.75. The van der Waals surface area contributed by atoms with Gasteiger partial charge < -0.3 is 5.32 Å². The standard InChI is InChI=1S/C24H19N7O2/c1-15-3-4-16(2)19(11-15)20-12-21-23-28-31(24(33)29(23)9-10-30(21)27-20)14-22(32)26-18-7-5-17(13-25)6-8-18/h3-12H,14H2,1-2H3,(H,26,32). The van der Waals surface area contributed by atoms with Gasteiger partial charge in [-0.15, -0.1) is 5.10 Å². The molecule has 9 nitrogen and oxygen atoms in total. The Bertz CT molecular complexity index is 1630. The number of benzene rings is 2. The van der Waals surface area contributed by atoms with E-state index in [1.165, 1.54) is 4.40 Å². The van der Waals surface area contributed by atoms with Crippen molar-refractivity contribution in [1.29, 1.82) is 5.26 Å². The van der Waals surface area contributed by atoms with Gasteiger partial charge in [0.15, 0.2) is 5.65 Å². The number of fused-ring (bicyclic) bond motifs is 3. The summed E-state index contributed by atoms with van der Waals surface area (Å²) >= 11 is 0. The quantitative estimate of drug-likeness (QED) is 0.465. The Morgan fingerprint density at radius 1 is 1.06 bits per heavy atom. The van der Waals surface area contributed by atoms with Crippen molar-refractivity contribution < 1.29 is 4.79 Å². The molecule has 33 heavy (non-hydrogen) atoms. The second-order valence-electron chi connectivity index (χ2n) is 7.85. The summed E-state index contributed by atoms with van der Waals surface area (Å²) in [6, 6.07) is 16.6. The summed E-state index contributed by atoms with van der Waals surface area (Å²) in [5.74, 6) is -0.397. The van der Waals surface area contributed by atoms with Crippen LogP contribution in [0.25, 0.3) is 22.4 Å². The molecule has 3 aromatic heterocycles. The number of anilines is 1. The van der Waals surface area contributed by atoms with E-state index in [1.54, 1.807) is 41.2 Å². The number of aromatic nitrogens is 5. The molecule has 0 aliphatic rings. The largest absolute Gasteiger partial charge is 0.350 e. The second-order valence-corrected chi connectivity index (χ2v) is 7.85. The zero-order valence-electron chi connectivity index (χ0n) is 18.0. The lowest BCUT2D eigenvalue weighted by molar-refractivity contribution is -0.117. The van der Waals surface area contributed by atoms with Gasteiger partial charge in [0, 0.05) is 23.6 Å². The van der Waals surface area contributed by atoms with Gasteiger partial charge in [-0.25, -0.2) is 18.4 Å². The van der Waals surface area contributed by atoms with Crippen molar-refractivity contribution in [3.8, 4) is 17.3 Å². The van der Waals surface area contributed by atoms with E-state index in [-0.39, 0.29) is 6.54 Å². The molecule has 1 amide bonds. The van der Waals surface area contributed by atoms with Crippen molar-refractivity contribution in [2.24, 2.45) is 0 Å². The third-order valence-corrected chi connectivity index (χ3v) is 5.45. The molecule has 0 aliphatic heterocycles. The third kappa shape index (κ3) is 3.64. The van der Waals surface area contributed by atoms with E-state index in [9.17, 15) is 9.59 Å². The van der Waals surface area contributed by atoms with Crippen LogP contribution >= 0.6 is 0 Å². The van der Waals surface area contributed by atoms with Crippen molar-refractivity contribution in [2.45, 2.75) is 20.4 Å². The Labute approximate surface area is 188 Å². The number of hydrogen-bond donors (Lipinski definition) is 1. The molecule has 0 saturated heterocycles. The van der Waals surface area contributed by atoms with Gasteiger partial charge in [-0.05, 0) is 55.8 Å². The smallest absolute Gasteiger partial charge is 0.324 e. The minimum Gasteiger partial charge on any atom is -0.324 e. The van der Waals surface area contributed by atoms with Crippen LogP contribution in [0.5, 0.6) is 0 Å². The van der Waals surface area contributed by atoms with Gasteiger partial charge in [0.1, 0.15) is 12.1 Å². The lowest BCUT2D eigenvalue weighted by Gasteiger charge is -2.04. The molecule has 0 fully saturated rings. The number of amides is 1. The van der Waals surface area contributed by atoms with Gasteiger partial charge in [-0.1, -0.05) is 17.7 Å². The average Bonchev–Trinajstić information content (AvgIpc) is 3.37. The molecule has 0 aliphatic carbocycles. The van der Waals surface area contributed by atoms with Gasteiger partial charge in [-0.2, -0.15) is 10.4 Å². The maximum absolute atomic E-state index is 12.8. The summed E-state index contributed by atoms with van der Waals surface area (Å²) in [7, 11) is 0. The lowest BCUT2D eigenvalue weighted by atomic mass is 10.0. The Balaban J connectivity index is 1.48. The fraction of sp³-hybridized carbons (Fsp3) is 0.125. The summed E-state index contributed by atoms with van der Waals surface area (Å²) < 4.78 is 4.21. The van der Waals surface area contributed by atoms with Gasteiger partial charge >= 0.3 is 5.69 Å². The maximum atomic E-state index is 12.8. The summed E-state index contributed by atoms with van der Waals surface area (Å²) in [4.78, 5) is 25.3. The molecule has 0 spiro atoms.